The Balaban J connectivity index is 1.30. The van der Waals surface area contributed by atoms with Crippen molar-refractivity contribution in [3.63, 3.8) is 0 Å². The van der Waals surface area contributed by atoms with Crippen molar-refractivity contribution in [3.05, 3.63) is 35.4 Å². The van der Waals surface area contributed by atoms with Gasteiger partial charge in [0.2, 0.25) is 5.91 Å². The molecule has 1 N–H and O–H groups in total. The fraction of sp³-hybridized carbons (Fsp3) is 0.640. The molecular formula is C25H36N4O2. The number of nitrogens with one attached hydrogen (secondary N) is 1. The summed E-state index contributed by atoms with van der Waals surface area (Å²) in [7, 11) is 0. The maximum atomic E-state index is 13.3. The molecule has 1 aromatic carbocycles. The Hall–Kier alpha value is -2.21. The molecule has 0 spiro atoms. The normalized spacial score (nSPS) is 21.1. The predicted molar refractivity (Wildman–Crippen MR) is 123 cm³/mol. The maximum absolute atomic E-state index is 13.3. The molecule has 6 nitrogen and oxygen atoms in total. The van der Waals surface area contributed by atoms with E-state index in [1.165, 1.54) is 24.0 Å². The number of aryl methyl sites for hydroxylation is 1. The molecule has 0 unspecified atom stereocenters. The van der Waals surface area contributed by atoms with Gasteiger partial charge in [-0.3, -0.25) is 9.59 Å². The van der Waals surface area contributed by atoms with Crippen LogP contribution in [0.2, 0.25) is 0 Å². The number of nitrogens with zero attached hydrogens (tertiary/aromatic N) is 3. The van der Waals surface area contributed by atoms with Crippen LogP contribution in [-0.4, -0.2) is 59.5 Å². The zero-order chi connectivity index (χ0) is 21.6. The van der Waals surface area contributed by atoms with Crippen LogP contribution >= 0.6 is 0 Å². The number of hydrogen-bond donors (Lipinski definition) is 1. The second kappa shape index (κ2) is 10.4. The first-order valence-electron chi connectivity index (χ1n) is 12.0. The van der Waals surface area contributed by atoms with Gasteiger partial charge in [0.25, 0.3) is 5.91 Å². The van der Waals surface area contributed by atoms with E-state index in [0.717, 1.165) is 58.3 Å². The molecule has 6 heteroatoms. The third kappa shape index (κ3) is 5.73. The number of likely N-dealkylation sites (tertiary alicyclic amines) is 1. The third-order valence-corrected chi connectivity index (χ3v) is 7.30. The molecule has 0 radical (unpaired) electrons. The van der Waals surface area contributed by atoms with E-state index in [1.807, 2.05) is 0 Å². The van der Waals surface area contributed by atoms with E-state index in [0.29, 0.717) is 30.5 Å². The minimum Gasteiger partial charge on any atom is -0.334 e. The number of amides is 2. The molecule has 2 fully saturated rings. The summed E-state index contributed by atoms with van der Waals surface area (Å²) in [6.07, 6.45) is 8.83. The van der Waals surface area contributed by atoms with Gasteiger partial charge >= 0.3 is 0 Å². The molecule has 1 saturated heterocycles. The zero-order valence-electron chi connectivity index (χ0n) is 18.8. The largest absolute Gasteiger partial charge is 0.334 e. The second-order valence-electron chi connectivity index (χ2n) is 9.45. The van der Waals surface area contributed by atoms with E-state index in [9.17, 15) is 9.59 Å². The van der Waals surface area contributed by atoms with Gasteiger partial charge in [0.05, 0.1) is 0 Å². The molecule has 0 aromatic heterocycles. The van der Waals surface area contributed by atoms with E-state index >= 15 is 0 Å². The topological polar surface area (TPSA) is 65.0 Å². The van der Waals surface area contributed by atoms with Gasteiger partial charge in [0, 0.05) is 32.0 Å². The van der Waals surface area contributed by atoms with Crippen LogP contribution in [0.25, 0.3) is 0 Å². The first-order valence-corrected chi connectivity index (χ1v) is 12.0. The summed E-state index contributed by atoms with van der Waals surface area (Å²) in [5.41, 5.74) is 5.85. The van der Waals surface area contributed by atoms with Gasteiger partial charge in [0.1, 0.15) is 5.71 Å². The number of piperidine rings is 1. The van der Waals surface area contributed by atoms with Gasteiger partial charge in [0.15, 0.2) is 0 Å². The van der Waals surface area contributed by atoms with Crippen LogP contribution in [0, 0.1) is 12.8 Å². The fourth-order valence-electron chi connectivity index (χ4n) is 5.25. The number of hydrazone groups is 1. The maximum Gasteiger partial charge on any atom is 0.270 e. The highest BCUT2D eigenvalue weighted by Crippen LogP contribution is 2.28. The molecule has 2 aliphatic heterocycles. The summed E-state index contributed by atoms with van der Waals surface area (Å²) in [5.74, 6) is 0.508. The number of hydrogen-bond acceptors (Lipinski definition) is 4. The van der Waals surface area contributed by atoms with Crippen molar-refractivity contribution in [2.45, 2.75) is 70.8 Å². The average Bonchev–Trinajstić information content (AvgIpc) is 3.32. The Kier molecular flexibility index (Phi) is 7.38. The molecule has 2 heterocycles. The van der Waals surface area contributed by atoms with Crippen LogP contribution in [0.15, 0.2) is 29.4 Å². The molecule has 31 heavy (non-hydrogen) atoms. The molecule has 168 valence electrons. The molecule has 1 saturated carbocycles. The van der Waals surface area contributed by atoms with Gasteiger partial charge in [-0.25, -0.2) is 5.43 Å². The smallest absolute Gasteiger partial charge is 0.270 e. The van der Waals surface area contributed by atoms with Crippen LogP contribution in [0.4, 0.5) is 0 Å². The molecule has 1 aromatic rings. The monoisotopic (exact) mass is 424 g/mol. The van der Waals surface area contributed by atoms with E-state index in [-0.39, 0.29) is 11.8 Å². The molecule has 0 bridgehead atoms. The summed E-state index contributed by atoms with van der Waals surface area (Å²) in [4.78, 5) is 29.4. The van der Waals surface area contributed by atoms with Gasteiger partial charge in [-0.05, 0) is 69.2 Å². The number of benzene rings is 1. The van der Waals surface area contributed by atoms with Gasteiger partial charge in [-0.15, -0.1) is 0 Å². The molecule has 2 amide bonds. The van der Waals surface area contributed by atoms with Crippen molar-refractivity contribution in [3.8, 4) is 0 Å². The lowest BCUT2D eigenvalue weighted by atomic mass is 9.94. The van der Waals surface area contributed by atoms with Crippen molar-refractivity contribution in [1.29, 1.82) is 0 Å². The van der Waals surface area contributed by atoms with Crippen LogP contribution in [-0.2, 0) is 16.0 Å². The Morgan fingerprint density at radius 1 is 1.13 bits per heavy atom. The lowest BCUT2D eigenvalue weighted by molar-refractivity contribution is -0.127. The van der Waals surface area contributed by atoms with Gasteiger partial charge in [-0.2, -0.15) is 5.10 Å². The molecular weight excluding hydrogens is 388 g/mol. The number of rotatable bonds is 7. The molecule has 3 aliphatic rings. The minimum absolute atomic E-state index is 0.0499. The van der Waals surface area contributed by atoms with E-state index in [2.05, 4.69) is 51.5 Å². The lowest BCUT2D eigenvalue weighted by Crippen LogP contribution is -2.48. The summed E-state index contributed by atoms with van der Waals surface area (Å²) >= 11 is 0. The van der Waals surface area contributed by atoms with E-state index in [1.54, 1.807) is 0 Å². The van der Waals surface area contributed by atoms with E-state index in [4.69, 9.17) is 0 Å². The fourth-order valence-corrected chi connectivity index (χ4v) is 5.25. The van der Waals surface area contributed by atoms with Crippen molar-refractivity contribution >= 4 is 17.5 Å². The highest BCUT2D eigenvalue weighted by molar-refractivity contribution is 6.39. The molecule has 1 aliphatic carbocycles. The number of carbonyl (C=O) groups excluding carboxylic acids is 2. The van der Waals surface area contributed by atoms with Crippen molar-refractivity contribution < 1.29 is 9.59 Å². The Bertz CT molecular complexity index is 807. The molecule has 0 atom stereocenters. The minimum atomic E-state index is -0.0953. The van der Waals surface area contributed by atoms with Crippen molar-refractivity contribution in [2.75, 3.05) is 26.2 Å². The van der Waals surface area contributed by atoms with E-state index < -0.39 is 0 Å². The Morgan fingerprint density at radius 3 is 2.55 bits per heavy atom. The van der Waals surface area contributed by atoms with Crippen LogP contribution < -0.4 is 5.43 Å². The van der Waals surface area contributed by atoms with Crippen LogP contribution in [0.5, 0.6) is 0 Å². The SMILES string of the molecule is Cc1ccccc1CCN1CCC(CN(C(=O)C2=NNC(=O)CC2)C2CCCC2)CC1. The molecule has 4 rings (SSSR count). The quantitative estimate of drug-likeness (QED) is 0.731. The lowest BCUT2D eigenvalue weighted by Gasteiger charge is -2.37. The summed E-state index contributed by atoms with van der Waals surface area (Å²) in [6, 6.07) is 9.01. The van der Waals surface area contributed by atoms with Crippen LogP contribution in [0.3, 0.4) is 0 Å². The second-order valence-corrected chi connectivity index (χ2v) is 9.45. The summed E-state index contributed by atoms with van der Waals surface area (Å²) < 4.78 is 0. The highest BCUT2D eigenvalue weighted by Gasteiger charge is 2.33. The predicted octanol–water partition coefficient (Wildman–Crippen LogP) is 3.29. The van der Waals surface area contributed by atoms with Gasteiger partial charge < -0.3 is 9.80 Å². The first kappa shape index (κ1) is 22.0. The Labute approximate surface area is 186 Å². The standard InChI is InChI=1S/C25H36N4O2/c1-19-6-2-3-7-21(19)14-17-28-15-12-20(13-16-28)18-29(22-8-4-5-9-22)25(31)23-10-11-24(30)27-26-23/h2-3,6-7,20,22H,4-5,8-18H2,1H3,(H,27,30). The average molecular weight is 425 g/mol. The van der Waals surface area contributed by atoms with Crippen molar-refractivity contribution in [1.82, 2.24) is 15.2 Å². The van der Waals surface area contributed by atoms with Crippen molar-refractivity contribution in [2.24, 2.45) is 11.0 Å². The highest BCUT2D eigenvalue weighted by atomic mass is 16.2. The summed E-state index contributed by atoms with van der Waals surface area (Å²) in [5, 5.41) is 4.09. The Morgan fingerprint density at radius 2 is 1.87 bits per heavy atom. The third-order valence-electron chi connectivity index (χ3n) is 7.30. The zero-order valence-corrected chi connectivity index (χ0v) is 18.8. The number of carbonyl (C=O) groups is 2. The van der Waals surface area contributed by atoms with Gasteiger partial charge in [-0.1, -0.05) is 37.1 Å². The first-order chi connectivity index (χ1) is 15.1. The van der Waals surface area contributed by atoms with Crippen LogP contribution in [0.1, 0.15) is 62.5 Å². The summed E-state index contributed by atoms with van der Waals surface area (Å²) in [6.45, 7) is 6.36.